The Bertz CT molecular complexity index is 231. The number of thioether (sulfide) groups is 1. The first kappa shape index (κ1) is 14.8. The summed E-state index contributed by atoms with van der Waals surface area (Å²) in [6.45, 7) is 7.74. The van der Waals surface area contributed by atoms with Crippen molar-refractivity contribution in [2.24, 2.45) is 5.92 Å². The third-order valence-corrected chi connectivity index (χ3v) is 4.33. The van der Waals surface area contributed by atoms with Crippen molar-refractivity contribution in [1.82, 2.24) is 9.80 Å². The summed E-state index contributed by atoms with van der Waals surface area (Å²) in [6, 6.07) is 0. The molecule has 0 N–H and O–H groups in total. The molecule has 0 bridgehead atoms. The van der Waals surface area contributed by atoms with E-state index in [-0.39, 0.29) is 11.9 Å². The van der Waals surface area contributed by atoms with Gasteiger partial charge in [-0.2, -0.15) is 11.8 Å². The lowest BCUT2D eigenvalue weighted by Crippen LogP contribution is -2.45. The van der Waals surface area contributed by atoms with Crippen LogP contribution in [-0.4, -0.2) is 74.2 Å². The van der Waals surface area contributed by atoms with Gasteiger partial charge in [-0.15, -0.1) is 0 Å². The molecule has 0 aromatic carbocycles. The fraction of sp³-hybridized carbons (Fsp3) is 0.917. The molecule has 17 heavy (non-hydrogen) atoms. The first-order valence-corrected chi connectivity index (χ1v) is 7.35. The van der Waals surface area contributed by atoms with Crippen molar-refractivity contribution in [1.29, 1.82) is 0 Å². The zero-order valence-corrected chi connectivity index (χ0v) is 12.0. The summed E-state index contributed by atoms with van der Waals surface area (Å²) in [7, 11) is 3.62. The molecule has 1 aliphatic rings. The van der Waals surface area contributed by atoms with Crippen LogP contribution in [0.25, 0.3) is 0 Å². The van der Waals surface area contributed by atoms with E-state index < -0.39 is 0 Å². The topological polar surface area (TPSA) is 32.8 Å². The summed E-state index contributed by atoms with van der Waals surface area (Å²) in [6.07, 6.45) is 0. The second-order valence-corrected chi connectivity index (χ2v) is 5.79. The highest BCUT2D eigenvalue weighted by Crippen LogP contribution is 2.10. The van der Waals surface area contributed by atoms with Crippen LogP contribution in [0.2, 0.25) is 0 Å². The molecule has 0 aromatic heterocycles. The Morgan fingerprint density at radius 3 is 2.59 bits per heavy atom. The number of hydrogen-bond acceptors (Lipinski definition) is 5. The van der Waals surface area contributed by atoms with E-state index in [4.69, 9.17) is 4.74 Å². The summed E-state index contributed by atoms with van der Waals surface area (Å²) < 4.78 is 4.70. The maximum Gasteiger partial charge on any atom is 0.309 e. The van der Waals surface area contributed by atoms with E-state index in [1.54, 1.807) is 0 Å². The number of rotatable bonds is 6. The van der Waals surface area contributed by atoms with Gasteiger partial charge in [-0.3, -0.25) is 9.69 Å². The quantitative estimate of drug-likeness (QED) is 0.520. The van der Waals surface area contributed by atoms with Crippen molar-refractivity contribution < 1.29 is 9.53 Å². The second kappa shape index (κ2) is 7.95. The molecule has 0 saturated carbocycles. The monoisotopic (exact) mass is 260 g/mol. The minimum atomic E-state index is -0.0999. The Labute approximate surface area is 109 Å². The predicted octanol–water partition coefficient (Wildman–Crippen LogP) is 0.776. The van der Waals surface area contributed by atoms with Gasteiger partial charge in [-0.05, 0) is 7.05 Å². The van der Waals surface area contributed by atoms with Gasteiger partial charge in [0, 0.05) is 44.2 Å². The number of piperazine rings is 1. The van der Waals surface area contributed by atoms with Crippen LogP contribution < -0.4 is 0 Å². The summed E-state index contributed by atoms with van der Waals surface area (Å²) in [4.78, 5) is 16.1. The molecule has 4 nitrogen and oxygen atoms in total. The summed E-state index contributed by atoms with van der Waals surface area (Å²) in [5.41, 5.74) is 0. The standard InChI is InChI=1S/C12H24N2O2S/c1-11(12(15)16-3)10-17-9-8-14-6-4-13(2)5-7-14/h11H,4-10H2,1-3H3. The number of carbonyl (C=O) groups is 1. The predicted molar refractivity (Wildman–Crippen MR) is 72.4 cm³/mol. The first-order chi connectivity index (χ1) is 8.13. The van der Waals surface area contributed by atoms with E-state index in [9.17, 15) is 4.79 Å². The molecule has 1 unspecified atom stereocenters. The van der Waals surface area contributed by atoms with Crippen LogP contribution in [0, 0.1) is 5.92 Å². The van der Waals surface area contributed by atoms with Crippen LogP contribution >= 0.6 is 11.8 Å². The molecule has 5 heteroatoms. The van der Waals surface area contributed by atoms with Crippen molar-refractivity contribution in [3.05, 3.63) is 0 Å². The number of likely N-dealkylation sites (N-methyl/N-ethyl adjacent to an activating group) is 1. The molecule has 1 fully saturated rings. The number of nitrogens with zero attached hydrogens (tertiary/aromatic N) is 2. The average Bonchev–Trinajstić information content (AvgIpc) is 2.35. The lowest BCUT2D eigenvalue weighted by molar-refractivity contribution is -0.143. The number of ether oxygens (including phenoxy) is 1. The van der Waals surface area contributed by atoms with Crippen molar-refractivity contribution in [2.75, 3.05) is 58.4 Å². The Kier molecular flexibility index (Phi) is 6.92. The van der Waals surface area contributed by atoms with Gasteiger partial charge in [0.2, 0.25) is 0 Å². The van der Waals surface area contributed by atoms with Gasteiger partial charge >= 0.3 is 5.97 Å². The number of methoxy groups -OCH3 is 1. The van der Waals surface area contributed by atoms with Crippen LogP contribution in [0.4, 0.5) is 0 Å². The smallest absolute Gasteiger partial charge is 0.309 e. The second-order valence-electron chi connectivity index (χ2n) is 4.64. The highest BCUT2D eigenvalue weighted by atomic mass is 32.2. The largest absolute Gasteiger partial charge is 0.469 e. The summed E-state index contributed by atoms with van der Waals surface area (Å²) >= 11 is 1.84. The molecular weight excluding hydrogens is 236 g/mol. The van der Waals surface area contributed by atoms with Gasteiger partial charge in [-0.1, -0.05) is 6.92 Å². The van der Waals surface area contributed by atoms with Gasteiger partial charge in [-0.25, -0.2) is 0 Å². The van der Waals surface area contributed by atoms with Gasteiger partial charge in [0.25, 0.3) is 0 Å². The lowest BCUT2D eigenvalue weighted by atomic mass is 10.2. The number of esters is 1. The van der Waals surface area contributed by atoms with E-state index in [0.717, 1.165) is 18.1 Å². The molecule has 1 atom stereocenters. The highest BCUT2D eigenvalue weighted by Gasteiger charge is 2.15. The molecular formula is C12H24N2O2S. The average molecular weight is 260 g/mol. The van der Waals surface area contributed by atoms with Crippen LogP contribution in [0.15, 0.2) is 0 Å². The molecule has 0 amide bonds. The van der Waals surface area contributed by atoms with Gasteiger partial charge in [0.1, 0.15) is 0 Å². The molecule has 0 aromatic rings. The number of carbonyl (C=O) groups excluding carboxylic acids is 1. The van der Waals surface area contributed by atoms with E-state index in [0.29, 0.717) is 0 Å². The maximum absolute atomic E-state index is 11.2. The minimum Gasteiger partial charge on any atom is -0.469 e. The van der Waals surface area contributed by atoms with E-state index in [1.807, 2.05) is 18.7 Å². The SMILES string of the molecule is COC(=O)C(C)CSCCN1CCN(C)CC1. The Morgan fingerprint density at radius 1 is 1.35 bits per heavy atom. The third kappa shape index (κ3) is 5.75. The third-order valence-electron chi connectivity index (χ3n) is 3.12. The molecule has 100 valence electrons. The van der Waals surface area contributed by atoms with E-state index in [2.05, 4.69) is 16.8 Å². The molecule has 1 saturated heterocycles. The number of hydrogen-bond donors (Lipinski definition) is 0. The molecule has 0 aliphatic carbocycles. The van der Waals surface area contributed by atoms with Crippen LogP contribution in [0.1, 0.15) is 6.92 Å². The summed E-state index contributed by atoms with van der Waals surface area (Å²) in [5.74, 6) is 1.88. The van der Waals surface area contributed by atoms with Crippen LogP contribution in [0.5, 0.6) is 0 Å². The van der Waals surface area contributed by atoms with Crippen molar-refractivity contribution >= 4 is 17.7 Å². The molecule has 1 aliphatic heterocycles. The highest BCUT2D eigenvalue weighted by molar-refractivity contribution is 7.99. The van der Waals surface area contributed by atoms with Crippen molar-refractivity contribution in [3.8, 4) is 0 Å². The van der Waals surface area contributed by atoms with Crippen LogP contribution in [0.3, 0.4) is 0 Å². The molecule has 0 radical (unpaired) electrons. The van der Waals surface area contributed by atoms with Gasteiger partial charge < -0.3 is 9.64 Å². The van der Waals surface area contributed by atoms with Crippen LogP contribution in [-0.2, 0) is 9.53 Å². The van der Waals surface area contributed by atoms with Gasteiger partial charge in [0.05, 0.1) is 13.0 Å². The van der Waals surface area contributed by atoms with Gasteiger partial charge in [0.15, 0.2) is 0 Å². The lowest BCUT2D eigenvalue weighted by Gasteiger charge is -2.32. The first-order valence-electron chi connectivity index (χ1n) is 6.20. The Balaban J connectivity index is 2.02. The van der Waals surface area contributed by atoms with E-state index in [1.165, 1.54) is 33.3 Å². The Morgan fingerprint density at radius 2 is 2.00 bits per heavy atom. The van der Waals surface area contributed by atoms with Crippen molar-refractivity contribution in [2.45, 2.75) is 6.92 Å². The maximum atomic E-state index is 11.2. The normalized spacial score (nSPS) is 20.2. The van der Waals surface area contributed by atoms with E-state index >= 15 is 0 Å². The fourth-order valence-corrected chi connectivity index (χ4v) is 2.84. The molecule has 0 spiro atoms. The zero-order chi connectivity index (χ0) is 12.7. The molecule has 1 rings (SSSR count). The fourth-order valence-electron chi connectivity index (χ4n) is 1.79. The Hall–Kier alpha value is -0.260. The molecule has 1 heterocycles. The minimum absolute atomic E-state index is 0.0116. The zero-order valence-electron chi connectivity index (χ0n) is 11.1. The van der Waals surface area contributed by atoms with Crippen molar-refractivity contribution in [3.63, 3.8) is 0 Å². The summed E-state index contributed by atoms with van der Waals surface area (Å²) in [5, 5.41) is 0.